The molecule has 0 spiro atoms. The number of carbonyl (C=O) groups is 1. The molecule has 0 aromatic heterocycles. The summed E-state index contributed by atoms with van der Waals surface area (Å²) >= 11 is 1.89. The third-order valence-corrected chi connectivity index (χ3v) is 4.53. The molecule has 0 bridgehead atoms. The number of carbonyl (C=O) groups excluding carboxylic acids is 1. The predicted molar refractivity (Wildman–Crippen MR) is 95.7 cm³/mol. The van der Waals surface area contributed by atoms with Gasteiger partial charge in [-0.05, 0) is 24.9 Å². The first kappa shape index (κ1) is 19.1. The van der Waals surface area contributed by atoms with E-state index in [4.69, 9.17) is 0 Å². The number of nitrogens with one attached hydrogen (secondary N) is 2. The van der Waals surface area contributed by atoms with Crippen LogP contribution in [0.15, 0.2) is 4.99 Å². The third kappa shape index (κ3) is 7.89. The average molecular weight is 330 g/mol. The predicted octanol–water partition coefficient (Wildman–Crippen LogP) is 0.459. The Hall–Kier alpha value is -0.950. The van der Waals surface area contributed by atoms with Gasteiger partial charge in [0.1, 0.15) is 0 Å². The Labute approximate surface area is 139 Å². The minimum atomic E-state index is 0.184. The zero-order valence-electron chi connectivity index (χ0n) is 14.2. The van der Waals surface area contributed by atoms with Crippen LogP contribution in [0.4, 0.5) is 0 Å². The van der Waals surface area contributed by atoms with Crippen molar-refractivity contribution in [3.63, 3.8) is 0 Å². The third-order valence-electron chi connectivity index (χ3n) is 3.83. The molecular weight excluding hydrogens is 298 g/mol. The molecule has 1 fully saturated rings. The Morgan fingerprint density at radius 3 is 2.41 bits per heavy atom. The maximum atomic E-state index is 11.3. The number of unbranched alkanes of at least 4 members (excludes halogenated alkanes) is 1. The summed E-state index contributed by atoms with van der Waals surface area (Å²) in [6.45, 7) is 8.09. The molecule has 0 atom stereocenters. The molecule has 22 heavy (non-hydrogen) atoms. The highest BCUT2D eigenvalue weighted by Gasteiger charge is 2.17. The second-order valence-corrected chi connectivity index (χ2v) is 6.46. The van der Waals surface area contributed by atoms with Gasteiger partial charge in [-0.15, -0.1) is 0 Å². The zero-order valence-corrected chi connectivity index (χ0v) is 15.0. The van der Waals surface area contributed by atoms with Crippen LogP contribution in [0.1, 0.15) is 19.8 Å². The van der Waals surface area contributed by atoms with E-state index < -0.39 is 0 Å². The fourth-order valence-corrected chi connectivity index (χ4v) is 2.91. The number of guanidine groups is 1. The first-order valence-corrected chi connectivity index (χ1v) is 9.48. The fraction of sp³-hybridized carbons (Fsp3) is 0.867. The lowest BCUT2D eigenvalue weighted by Gasteiger charge is -2.34. The lowest BCUT2D eigenvalue weighted by atomic mass is 10.3. The van der Waals surface area contributed by atoms with Crippen LogP contribution in [0, 0.1) is 0 Å². The van der Waals surface area contributed by atoms with Gasteiger partial charge in [-0.25, -0.2) is 0 Å². The Kier molecular flexibility index (Phi) is 10.1. The minimum absolute atomic E-state index is 0.184. The van der Waals surface area contributed by atoms with Gasteiger partial charge in [0, 0.05) is 59.8 Å². The van der Waals surface area contributed by atoms with E-state index in [1.165, 1.54) is 18.6 Å². The van der Waals surface area contributed by atoms with Crippen LogP contribution in [0.25, 0.3) is 0 Å². The number of aliphatic imine (C=N–C) groups is 1. The summed E-state index contributed by atoms with van der Waals surface area (Å²) in [5, 5.41) is 6.70. The van der Waals surface area contributed by atoms with Crippen molar-refractivity contribution in [1.29, 1.82) is 0 Å². The Morgan fingerprint density at radius 1 is 1.14 bits per heavy atom. The molecule has 2 N–H and O–H groups in total. The lowest BCUT2D eigenvalue weighted by molar-refractivity contribution is -0.130. The number of rotatable bonds is 8. The van der Waals surface area contributed by atoms with Crippen molar-refractivity contribution in [2.45, 2.75) is 19.8 Å². The zero-order chi connectivity index (χ0) is 16.2. The smallest absolute Gasteiger partial charge is 0.219 e. The summed E-state index contributed by atoms with van der Waals surface area (Å²) in [4.78, 5) is 19.8. The largest absolute Gasteiger partial charge is 0.356 e. The number of hydrogen-bond donors (Lipinski definition) is 2. The molecule has 6 nitrogen and oxygen atoms in total. The molecule has 128 valence electrons. The van der Waals surface area contributed by atoms with Crippen molar-refractivity contribution in [2.75, 3.05) is 64.9 Å². The van der Waals surface area contributed by atoms with Crippen LogP contribution in [-0.2, 0) is 4.79 Å². The summed E-state index contributed by atoms with van der Waals surface area (Å²) < 4.78 is 0. The summed E-state index contributed by atoms with van der Waals surface area (Å²) in [6.07, 6.45) is 4.56. The summed E-state index contributed by atoms with van der Waals surface area (Å²) in [6, 6.07) is 0. The van der Waals surface area contributed by atoms with Crippen molar-refractivity contribution < 1.29 is 4.79 Å². The molecule has 0 radical (unpaired) electrons. The van der Waals surface area contributed by atoms with Crippen LogP contribution in [-0.4, -0.2) is 86.5 Å². The summed E-state index contributed by atoms with van der Waals surface area (Å²) in [5.41, 5.74) is 0. The summed E-state index contributed by atoms with van der Waals surface area (Å²) in [7, 11) is 1.81. The molecular formula is C15H31N5OS. The standard InChI is InChI=1S/C15H31N5OS/c1-14(21)20-11-9-19(10-12-20)8-7-18-15(16-2)17-6-4-5-13-22-3/h4-13H2,1-3H3,(H2,16,17,18). The van der Waals surface area contributed by atoms with E-state index in [-0.39, 0.29) is 5.91 Å². The molecule has 1 aliphatic rings. The van der Waals surface area contributed by atoms with Gasteiger partial charge >= 0.3 is 0 Å². The van der Waals surface area contributed by atoms with Gasteiger partial charge in [0.15, 0.2) is 5.96 Å². The van der Waals surface area contributed by atoms with E-state index >= 15 is 0 Å². The molecule has 1 heterocycles. The van der Waals surface area contributed by atoms with Gasteiger partial charge in [0.25, 0.3) is 0 Å². The molecule has 0 aromatic rings. The van der Waals surface area contributed by atoms with Crippen molar-refractivity contribution in [1.82, 2.24) is 20.4 Å². The highest BCUT2D eigenvalue weighted by Crippen LogP contribution is 2.01. The average Bonchev–Trinajstić information content (AvgIpc) is 2.53. The highest BCUT2D eigenvalue weighted by atomic mass is 32.2. The summed E-state index contributed by atoms with van der Waals surface area (Å²) in [5.74, 6) is 2.29. The van der Waals surface area contributed by atoms with E-state index in [0.717, 1.165) is 51.8 Å². The van der Waals surface area contributed by atoms with Gasteiger partial charge in [-0.2, -0.15) is 11.8 Å². The first-order valence-electron chi connectivity index (χ1n) is 8.08. The van der Waals surface area contributed by atoms with Crippen molar-refractivity contribution in [3.05, 3.63) is 0 Å². The van der Waals surface area contributed by atoms with Crippen molar-refractivity contribution in [3.8, 4) is 0 Å². The SMILES string of the molecule is CN=C(NCCCCSC)NCCN1CCN(C(C)=O)CC1. The van der Waals surface area contributed by atoms with E-state index in [2.05, 4.69) is 26.8 Å². The number of hydrogen-bond acceptors (Lipinski definition) is 4. The second-order valence-electron chi connectivity index (χ2n) is 5.47. The Balaban J connectivity index is 2.08. The maximum absolute atomic E-state index is 11.3. The van der Waals surface area contributed by atoms with Crippen LogP contribution >= 0.6 is 11.8 Å². The second kappa shape index (κ2) is 11.6. The quantitative estimate of drug-likeness (QED) is 0.385. The van der Waals surface area contributed by atoms with Crippen LogP contribution < -0.4 is 10.6 Å². The van der Waals surface area contributed by atoms with Crippen molar-refractivity contribution in [2.24, 2.45) is 4.99 Å². The minimum Gasteiger partial charge on any atom is -0.356 e. The molecule has 1 aliphatic heterocycles. The molecule has 0 aliphatic carbocycles. The van der Waals surface area contributed by atoms with Crippen molar-refractivity contribution >= 4 is 23.6 Å². The molecule has 0 unspecified atom stereocenters. The van der Waals surface area contributed by atoms with E-state index in [1.807, 2.05) is 23.7 Å². The van der Waals surface area contributed by atoms with Gasteiger partial charge in [0.05, 0.1) is 0 Å². The maximum Gasteiger partial charge on any atom is 0.219 e. The molecule has 1 saturated heterocycles. The highest BCUT2D eigenvalue weighted by molar-refractivity contribution is 7.98. The van der Waals surface area contributed by atoms with Gasteiger partial charge in [-0.3, -0.25) is 14.7 Å². The van der Waals surface area contributed by atoms with Gasteiger partial charge < -0.3 is 15.5 Å². The van der Waals surface area contributed by atoms with E-state index in [9.17, 15) is 4.79 Å². The molecule has 1 rings (SSSR count). The first-order chi connectivity index (χ1) is 10.7. The number of nitrogens with zero attached hydrogens (tertiary/aromatic N) is 3. The number of piperazine rings is 1. The topological polar surface area (TPSA) is 60.0 Å². The van der Waals surface area contributed by atoms with Crippen LogP contribution in [0.2, 0.25) is 0 Å². The molecule has 0 saturated carbocycles. The van der Waals surface area contributed by atoms with Gasteiger partial charge in [0.2, 0.25) is 5.91 Å². The van der Waals surface area contributed by atoms with Crippen LogP contribution in [0.5, 0.6) is 0 Å². The van der Waals surface area contributed by atoms with Crippen LogP contribution in [0.3, 0.4) is 0 Å². The molecule has 7 heteroatoms. The van der Waals surface area contributed by atoms with Gasteiger partial charge in [-0.1, -0.05) is 0 Å². The normalized spacial score (nSPS) is 16.7. The lowest BCUT2D eigenvalue weighted by Crippen LogP contribution is -2.50. The molecule has 1 amide bonds. The Bertz CT molecular complexity index is 343. The van der Waals surface area contributed by atoms with E-state index in [0.29, 0.717) is 0 Å². The molecule has 0 aromatic carbocycles. The fourth-order valence-electron chi connectivity index (χ4n) is 2.42. The monoisotopic (exact) mass is 329 g/mol. The number of thioether (sulfide) groups is 1. The Morgan fingerprint density at radius 2 is 1.82 bits per heavy atom. The van der Waals surface area contributed by atoms with E-state index in [1.54, 1.807) is 6.92 Å². The number of amides is 1.